The quantitative estimate of drug-likeness (QED) is 0.587. The number of nitrogens with zero attached hydrogens (tertiary/aromatic N) is 2. The average Bonchev–Trinajstić information content (AvgIpc) is 3.09. The van der Waals surface area contributed by atoms with Gasteiger partial charge in [-0.3, -0.25) is 9.59 Å². The fourth-order valence-corrected chi connectivity index (χ4v) is 4.57. The van der Waals surface area contributed by atoms with E-state index in [4.69, 9.17) is 14.2 Å². The molecular formula is C23H27N3O6S. The third kappa shape index (κ3) is 5.70. The average molecular weight is 474 g/mol. The molecule has 0 atom stereocenters. The van der Waals surface area contributed by atoms with Gasteiger partial charge in [0.1, 0.15) is 6.54 Å². The van der Waals surface area contributed by atoms with Crippen LogP contribution in [0.2, 0.25) is 0 Å². The molecule has 9 nitrogen and oxygen atoms in total. The standard InChI is InChI=1S/C23H27N3O6S/c1-13(2)8-18-21(22(29)32-5)25-23(33-18)24-19(27)12-26-7-6-14-9-16(30-3)17(31-4)10-15(14)11-20(26)28/h6-7,9-10,13H,8,11-12H2,1-5H3,(H,24,25,27). The van der Waals surface area contributed by atoms with E-state index in [0.717, 1.165) is 16.0 Å². The molecule has 0 aliphatic carbocycles. The number of benzene rings is 1. The summed E-state index contributed by atoms with van der Waals surface area (Å²) in [5, 5.41) is 2.99. The lowest BCUT2D eigenvalue weighted by atomic mass is 10.0. The van der Waals surface area contributed by atoms with Crippen molar-refractivity contribution in [2.75, 3.05) is 33.2 Å². The highest BCUT2D eigenvalue weighted by molar-refractivity contribution is 7.16. The van der Waals surface area contributed by atoms with E-state index in [2.05, 4.69) is 10.3 Å². The number of esters is 1. The lowest BCUT2D eigenvalue weighted by Gasteiger charge is -2.16. The Balaban J connectivity index is 1.73. The van der Waals surface area contributed by atoms with Crippen molar-refractivity contribution in [3.8, 4) is 11.5 Å². The molecule has 2 heterocycles. The van der Waals surface area contributed by atoms with Gasteiger partial charge in [0, 0.05) is 11.1 Å². The smallest absolute Gasteiger partial charge is 0.357 e. The summed E-state index contributed by atoms with van der Waals surface area (Å²) < 4.78 is 15.5. The van der Waals surface area contributed by atoms with Crippen LogP contribution in [0.15, 0.2) is 18.3 Å². The van der Waals surface area contributed by atoms with Crippen molar-refractivity contribution in [3.63, 3.8) is 0 Å². The monoisotopic (exact) mass is 473 g/mol. The van der Waals surface area contributed by atoms with Crippen LogP contribution in [0.3, 0.4) is 0 Å². The third-order valence-electron chi connectivity index (χ3n) is 4.97. The minimum atomic E-state index is -0.545. The number of hydrogen-bond acceptors (Lipinski definition) is 8. The summed E-state index contributed by atoms with van der Waals surface area (Å²) >= 11 is 1.23. The number of carbonyl (C=O) groups excluding carboxylic acids is 3. The molecule has 33 heavy (non-hydrogen) atoms. The molecule has 1 aliphatic rings. The Morgan fingerprint density at radius 1 is 1.18 bits per heavy atom. The summed E-state index contributed by atoms with van der Waals surface area (Å²) in [5.41, 5.74) is 1.79. The van der Waals surface area contributed by atoms with Gasteiger partial charge in [0.25, 0.3) is 0 Å². The van der Waals surface area contributed by atoms with Gasteiger partial charge in [-0.15, -0.1) is 11.3 Å². The Morgan fingerprint density at radius 3 is 2.52 bits per heavy atom. The number of anilines is 1. The number of fused-ring (bicyclic) bond motifs is 1. The molecule has 0 bridgehead atoms. The summed E-state index contributed by atoms with van der Waals surface area (Å²) in [6, 6.07) is 3.56. The number of thiazole rings is 1. The zero-order valence-electron chi connectivity index (χ0n) is 19.3. The maximum absolute atomic E-state index is 12.8. The normalized spacial score (nSPS) is 12.9. The summed E-state index contributed by atoms with van der Waals surface area (Å²) in [7, 11) is 4.37. The first-order valence-corrected chi connectivity index (χ1v) is 11.2. The van der Waals surface area contributed by atoms with Crippen LogP contribution in [0.4, 0.5) is 5.13 Å². The highest BCUT2D eigenvalue weighted by Crippen LogP contribution is 2.33. The number of carbonyl (C=O) groups is 3. The zero-order chi connectivity index (χ0) is 24.1. The number of methoxy groups -OCH3 is 3. The van der Waals surface area contributed by atoms with Crippen molar-refractivity contribution in [2.45, 2.75) is 26.7 Å². The SMILES string of the molecule is COC(=O)c1nc(NC(=O)CN2C=Cc3cc(OC)c(OC)cc3CC2=O)sc1CC(C)C. The Hall–Kier alpha value is -3.40. The van der Waals surface area contributed by atoms with Crippen molar-refractivity contribution >= 4 is 40.3 Å². The van der Waals surface area contributed by atoms with Gasteiger partial charge in [-0.25, -0.2) is 9.78 Å². The summed E-state index contributed by atoms with van der Waals surface area (Å²) in [6.45, 7) is 3.86. The minimum absolute atomic E-state index is 0.109. The van der Waals surface area contributed by atoms with E-state index in [1.54, 1.807) is 31.5 Å². The molecule has 2 amide bonds. The van der Waals surface area contributed by atoms with Crippen LogP contribution < -0.4 is 14.8 Å². The van der Waals surface area contributed by atoms with Gasteiger partial charge in [-0.2, -0.15) is 0 Å². The second kappa shape index (κ2) is 10.5. The van der Waals surface area contributed by atoms with Crippen LogP contribution in [-0.4, -0.2) is 55.5 Å². The summed E-state index contributed by atoms with van der Waals surface area (Å²) in [4.78, 5) is 43.8. The van der Waals surface area contributed by atoms with Crippen molar-refractivity contribution in [2.24, 2.45) is 5.92 Å². The summed E-state index contributed by atoms with van der Waals surface area (Å²) in [5.74, 6) is 0.193. The van der Waals surface area contributed by atoms with Gasteiger partial charge < -0.3 is 24.4 Å². The number of ether oxygens (including phenoxy) is 3. The number of amides is 2. The van der Waals surface area contributed by atoms with Gasteiger partial charge in [-0.1, -0.05) is 13.8 Å². The van der Waals surface area contributed by atoms with Gasteiger partial charge in [-0.05, 0) is 41.7 Å². The molecule has 0 spiro atoms. The van der Waals surface area contributed by atoms with E-state index in [-0.39, 0.29) is 24.6 Å². The second-order valence-electron chi connectivity index (χ2n) is 7.85. The molecule has 1 aromatic carbocycles. The molecule has 0 unspecified atom stereocenters. The number of aromatic nitrogens is 1. The predicted octanol–water partition coefficient (Wildman–Crippen LogP) is 3.14. The Morgan fingerprint density at radius 2 is 1.88 bits per heavy atom. The molecule has 1 N–H and O–H groups in total. The minimum Gasteiger partial charge on any atom is -0.493 e. The molecule has 0 radical (unpaired) electrons. The van der Waals surface area contributed by atoms with Crippen molar-refractivity contribution in [1.82, 2.24) is 9.88 Å². The lowest BCUT2D eigenvalue weighted by Crippen LogP contribution is -2.34. The van der Waals surface area contributed by atoms with E-state index >= 15 is 0 Å². The van der Waals surface area contributed by atoms with Crippen LogP contribution in [0.25, 0.3) is 6.08 Å². The first-order chi connectivity index (χ1) is 15.7. The first kappa shape index (κ1) is 24.2. The third-order valence-corrected chi connectivity index (χ3v) is 5.96. The largest absolute Gasteiger partial charge is 0.493 e. The van der Waals surface area contributed by atoms with Crippen molar-refractivity contribution in [3.05, 3.63) is 40.0 Å². The maximum atomic E-state index is 12.8. The van der Waals surface area contributed by atoms with Crippen molar-refractivity contribution in [1.29, 1.82) is 0 Å². The van der Waals surface area contributed by atoms with E-state index < -0.39 is 11.9 Å². The van der Waals surface area contributed by atoms with Crippen molar-refractivity contribution < 1.29 is 28.6 Å². The molecule has 1 aliphatic heterocycles. The molecule has 0 fully saturated rings. The van der Waals surface area contributed by atoms with Crippen LogP contribution in [0.1, 0.15) is 40.3 Å². The predicted molar refractivity (Wildman–Crippen MR) is 125 cm³/mol. The van der Waals surface area contributed by atoms with Crippen LogP contribution in [0, 0.1) is 5.92 Å². The molecule has 0 saturated heterocycles. The van der Waals surface area contributed by atoms with E-state index in [0.29, 0.717) is 29.0 Å². The first-order valence-electron chi connectivity index (χ1n) is 10.4. The van der Waals surface area contributed by atoms with Gasteiger partial charge in [0.05, 0.1) is 27.8 Å². The van der Waals surface area contributed by atoms with Crippen LogP contribution >= 0.6 is 11.3 Å². The molecule has 3 rings (SSSR count). The maximum Gasteiger partial charge on any atom is 0.357 e. The number of hydrogen-bond donors (Lipinski definition) is 1. The summed E-state index contributed by atoms with van der Waals surface area (Å²) in [6.07, 6.45) is 4.08. The highest BCUT2D eigenvalue weighted by atomic mass is 32.1. The molecule has 176 valence electrons. The highest BCUT2D eigenvalue weighted by Gasteiger charge is 2.24. The molecule has 10 heteroatoms. The number of rotatable bonds is 8. The Labute approximate surface area is 196 Å². The lowest BCUT2D eigenvalue weighted by molar-refractivity contribution is -0.131. The van der Waals surface area contributed by atoms with Gasteiger partial charge in [0.15, 0.2) is 22.3 Å². The van der Waals surface area contributed by atoms with E-state index in [1.807, 2.05) is 13.8 Å². The van der Waals surface area contributed by atoms with Crippen LogP contribution in [0.5, 0.6) is 11.5 Å². The second-order valence-corrected chi connectivity index (χ2v) is 8.93. The molecule has 1 aromatic heterocycles. The van der Waals surface area contributed by atoms with Gasteiger partial charge in [0.2, 0.25) is 11.8 Å². The topological polar surface area (TPSA) is 107 Å². The fourth-order valence-electron chi connectivity index (χ4n) is 3.39. The fraction of sp³-hybridized carbons (Fsp3) is 0.391. The van der Waals surface area contributed by atoms with Gasteiger partial charge >= 0.3 is 5.97 Å². The Kier molecular flexibility index (Phi) is 7.70. The zero-order valence-corrected chi connectivity index (χ0v) is 20.1. The van der Waals surface area contributed by atoms with Crippen LogP contribution in [-0.2, 0) is 27.2 Å². The van der Waals surface area contributed by atoms with E-state index in [1.165, 1.54) is 30.5 Å². The van der Waals surface area contributed by atoms with E-state index in [9.17, 15) is 14.4 Å². The number of nitrogens with one attached hydrogen (secondary N) is 1. The molecule has 0 saturated carbocycles. The molecular weight excluding hydrogens is 446 g/mol. The Bertz CT molecular complexity index is 1090. The molecule has 2 aromatic rings.